The number of H-pyrrole nitrogens is 1. The van der Waals surface area contributed by atoms with Crippen molar-refractivity contribution in [3.05, 3.63) is 18.2 Å². The molecule has 0 aromatic carbocycles. The van der Waals surface area contributed by atoms with Crippen molar-refractivity contribution < 1.29 is 4.79 Å². The van der Waals surface area contributed by atoms with Crippen molar-refractivity contribution in [2.45, 2.75) is 57.2 Å². The molecule has 2 aliphatic heterocycles. The maximum Gasteiger partial charge on any atom is 0.272 e. The summed E-state index contributed by atoms with van der Waals surface area (Å²) in [6.07, 6.45) is 8.91. The van der Waals surface area contributed by atoms with Crippen LogP contribution in [-0.2, 0) is 0 Å². The lowest BCUT2D eigenvalue weighted by molar-refractivity contribution is 0.0611. The number of carbonyl (C=O) groups is 1. The van der Waals surface area contributed by atoms with Crippen molar-refractivity contribution in [2.75, 3.05) is 6.54 Å². The van der Waals surface area contributed by atoms with Gasteiger partial charge in [0.25, 0.3) is 5.91 Å². The van der Waals surface area contributed by atoms with Crippen molar-refractivity contribution in [1.29, 1.82) is 0 Å². The molecule has 1 aromatic heterocycles. The van der Waals surface area contributed by atoms with Crippen LogP contribution in [0.2, 0.25) is 0 Å². The van der Waals surface area contributed by atoms with E-state index in [9.17, 15) is 4.79 Å². The van der Waals surface area contributed by atoms with E-state index >= 15 is 0 Å². The molecular weight excluding hydrogens is 240 g/mol. The van der Waals surface area contributed by atoms with Crippen LogP contribution in [0.15, 0.2) is 12.5 Å². The van der Waals surface area contributed by atoms with E-state index in [4.69, 9.17) is 0 Å². The summed E-state index contributed by atoms with van der Waals surface area (Å²) in [4.78, 5) is 21.5. The van der Waals surface area contributed by atoms with Gasteiger partial charge in [0.2, 0.25) is 0 Å². The van der Waals surface area contributed by atoms with E-state index in [-0.39, 0.29) is 5.91 Å². The number of aromatic nitrogens is 2. The van der Waals surface area contributed by atoms with E-state index in [0.717, 1.165) is 25.8 Å². The fourth-order valence-electron chi connectivity index (χ4n) is 3.50. The van der Waals surface area contributed by atoms with E-state index in [1.807, 2.05) is 0 Å². The van der Waals surface area contributed by atoms with Gasteiger partial charge in [-0.1, -0.05) is 6.92 Å². The molecule has 2 atom stereocenters. The largest absolute Gasteiger partial charge is 0.341 e. The summed E-state index contributed by atoms with van der Waals surface area (Å²) >= 11 is 0. The Hall–Kier alpha value is -1.36. The van der Waals surface area contributed by atoms with E-state index in [0.29, 0.717) is 23.8 Å². The van der Waals surface area contributed by atoms with Crippen LogP contribution < -0.4 is 5.32 Å². The number of rotatable bonds is 4. The third kappa shape index (κ3) is 2.52. The summed E-state index contributed by atoms with van der Waals surface area (Å²) in [6, 6.07) is 1.60. The Bertz CT molecular complexity index is 419. The van der Waals surface area contributed by atoms with Crippen molar-refractivity contribution in [3.8, 4) is 0 Å². The van der Waals surface area contributed by atoms with E-state index in [2.05, 4.69) is 27.1 Å². The summed E-state index contributed by atoms with van der Waals surface area (Å²) in [7, 11) is 0. The van der Waals surface area contributed by atoms with Gasteiger partial charge in [0, 0.05) is 24.7 Å². The van der Waals surface area contributed by atoms with Gasteiger partial charge < -0.3 is 15.2 Å². The SMILES string of the molecule is CCCN(C(=O)c1cnc[nH]1)C1CC2CCC(C1)N2. The molecule has 104 valence electrons. The Morgan fingerprint density at radius 2 is 2.16 bits per heavy atom. The third-order valence-electron chi connectivity index (χ3n) is 4.34. The molecule has 2 N–H and O–H groups in total. The molecule has 3 rings (SSSR count). The number of hydrogen-bond donors (Lipinski definition) is 2. The highest BCUT2D eigenvalue weighted by atomic mass is 16.2. The molecule has 3 heterocycles. The second-order valence-corrected chi connectivity index (χ2v) is 5.73. The lowest BCUT2D eigenvalue weighted by Crippen LogP contribution is -2.50. The third-order valence-corrected chi connectivity index (χ3v) is 4.34. The second kappa shape index (κ2) is 5.33. The first kappa shape index (κ1) is 12.7. The van der Waals surface area contributed by atoms with Gasteiger partial charge in [0.1, 0.15) is 5.69 Å². The summed E-state index contributed by atoms with van der Waals surface area (Å²) in [5, 5.41) is 3.63. The van der Waals surface area contributed by atoms with Gasteiger partial charge >= 0.3 is 0 Å². The number of fused-ring (bicyclic) bond motifs is 2. The minimum absolute atomic E-state index is 0.102. The van der Waals surface area contributed by atoms with Gasteiger partial charge in [-0.25, -0.2) is 4.98 Å². The number of imidazole rings is 1. The molecule has 0 radical (unpaired) electrons. The van der Waals surface area contributed by atoms with Gasteiger partial charge in [0.05, 0.1) is 12.5 Å². The number of piperidine rings is 1. The molecule has 2 fully saturated rings. The fourth-order valence-corrected chi connectivity index (χ4v) is 3.50. The smallest absolute Gasteiger partial charge is 0.272 e. The van der Waals surface area contributed by atoms with Crippen LogP contribution in [0.1, 0.15) is 49.5 Å². The van der Waals surface area contributed by atoms with Gasteiger partial charge in [-0.05, 0) is 32.1 Å². The predicted octanol–water partition coefficient (Wildman–Crippen LogP) is 1.54. The van der Waals surface area contributed by atoms with Crippen molar-refractivity contribution in [1.82, 2.24) is 20.2 Å². The lowest BCUT2D eigenvalue weighted by atomic mass is 9.97. The lowest BCUT2D eigenvalue weighted by Gasteiger charge is -2.37. The average molecular weight is 262 g/mol. The fraction of sp³-hybridized carbons (Fsp3) is 0.714. The van der Waals surface area contributed by atoms with Crippen molar-refractivity contribution >= 4 is 5.91 Å². The van der Waals surface area contributed by atoms with E-state index in [1.54, 1.807) is 12.5 Å². The maximum absolute atomic E-state index is 12.6. The molecule has 2 bridgehead atoms. The van der Waals surface area contributed by atoms with Crippen LogP contribution in [0.25, 0.3) is 0 Å². The molecule has 19 heavy (non-hydrogen) atoms. The zero-order valence-corrected chi connectivity index (χ0v) is 11.4. The highest BCUT2D eigenvalue weighted by molar-refractivity contribution is 5.92. The van der Waals surface area contributed by atoms with Crippen LogP contribution >= 0.6 is 0 Å². The molecule has 2 aliphatic rings. The molecule has 1 aromatic rings. The first-order valence-corrected chi connectivity index (χ1v) is 7.33. The summed E-state index contributed by atoms with van der Waals surface area (Å²) in [5.41, 5.74) is 0.610. The Labute approximate surface area is 113 Å². The van der Waals surface area contributed by atoms with Crippen LogP contribution in [0.3, 0.4) is 0 Å². The van der Waals surface area contributed by atoms with Gasteiger partial charge in [0.15, 0.2) is 0 Å². The van der Waals surface area contributed by atoms with Crippen molar-refractivity contribution in [3.63, 3.8) is 0 Å². The van der Waals surface area contributed by atoms with E-state index < -0.39 is 0 Å². The van der Waals surface area contributed by atoms with Gasteiger partial charge in [-0.3, -0.25) is 4.79 Å². The maximum atomic E-state index is 12.6. The van der Waals surface area contributed by atoms with Crippen LogP contribution in [0, 0.1) is 0 Å². The zero-order valence-electron chi connectivity index (χ0n) is 11.4. The number of amides is 1. The van der Waals surface area contributed by atoms with E-state index in [1.165, 1.54) is 12.8 Å². The molecule has 5 nitrogen and oxygen atoms in total. The molecule has 5 heteroatoms. The predicted molar refractivity (Wildman–Crippen MR) is 72.9 cm³/mol. The normalized spacial score (nSPS) is 29.4. The van der Waals surface area contributed by atoms with Crippen LogP contribution in [0.5, 0.6) is 0 Å². The molecule has 0 spiro atoms. The second-order valence-electron chi connectivity index (χ2n) is 5.73. The number of nitrogens with zero attached hydrogens (tertiary/aromatic N) is 2. The Morgan fingerprint density at radius 3 is 2.74 bits per heavy atom. The first-order valence-electron chi connectivity index (χ1n) is 7.33. The molecule has 2 saturated heterocycles. The van der Waals surface area contributed by atoms with Gasteiger partial charge in [-0.15, -0.1) is 0 Å². The standard InChI is InChI=1S/C14H22N4O/c1-2-5-18(14(19)13-8-15-9-16-13)12-6-10-3-4-11(7-12)17-10/h8-12,17H,2-7H2,1H3,(H,15,16). The Kier molecular flexibility index (Phi) is 3.55. The number of nitrogens with one attached hydrogen (secondary N) is 2. The Balaban J connectivity index is 1.75. The highest BCUT2D eigenvalue weighted by Gasteiger charge is 2.37. The minimum Gasteiger partial charge on any atom is -0.341 e. The molecule has 1 amide bonds. The number of carbonyl (C=O) groups excluding carboxylic acids is 1. The highest BCUT2D eigenvalue weighted by Crippen LogP contribution is 2.30. The molecule has 0 aliphatic carbocycles. The molecule has 0 saturated carbocycles. The average Bonchev–Trinajstić information content (AvgIpc) is 3.05. The first-order chi connectivity index (χ1) is 9.28. The summed E-state index contributed by atoms with van der Waals surface area (Å²) in [5.74, 6) is 0.102. The quantitative estimate of drug-likeness (QED) is 0.865. The van der Waals surface area contributed by atoms with Crippen LogP contribution in [0.4, 0.5) is 0 Å². The van der Waals surface area contributed by atoms with Gasteiger partial charge in [-0.2, -0.15) is 0 Å². The molecule has 2 unspecified atom stereocenters. The minimum atomic E-state index is 0.102. The number of hydrogen-bond acceptors (Lipinski definition) is 3. The van der Waals surface area contributed by atoms with Crippen LogP contribution in [-0.4, -0.2) is 45.4 Å². The zero-order chi connectivity index (χ0) is 13.2. The molecular formula is C14H22N4O. The summed E-state index contributed by atoms with van der Waals surface area (Å²) < 4.78 is 0. The number of aromatic amines is 1. The van der Waals surface area contributed by atoms with Crippen molar-refractivity contribution in [2.24, 2.45) is 0 Å². The monoisotopic (exact) mass is 262 g/mol. The Morgan fingerprint density at radius 1 is 1.42 bits per heavy atom. The summed E-state index contributed by atoms with van der Waals surface area (Å²) in [6.45, 7) is 2.96. The topological polar surface area (TPSA) is 61.0 Å².